The lowest BCUT2D eigenvalue weighted by atomic mass is 9.97. The van der Waals surface area contributed by atoms with Gasteiger partial charge in [-0.3, -0.25) is 4.79 Å². The Hall–Kier alpha value is -1.51. The highest BCUT2D eigenvalue weighted by Crippen LogP contribution is 2.36. The molecule has 1 aliphatic heterocycles. The van der Waals surface area contributed by atoms with Crippen molar-refractivity contribution in [2.24, 2.45) is 0 Å². The Balaban J connectivity index is 2.55. The van der Waals surface area contributed by atoms with Crippen LogP contribution in [0.3, 0.4) is 0 Å². The fraction of sp³-hybridized carbons (Fsp3) is 0.462. The lowest BCUT2D eigenvalue weighted by Gasteiger charge is -2.33. The predicted molar refractivity (Wildman–Crippen MR) is 67.0 cm³/mol. The molecule has 1 amide bonds. The molecule has 0 radical (unpaired) electrons. The third kappa shape index (κ3) is 1.56. The van der Waals surface area contributed by atoms with E-state index >= 15 is 0 Å². The SMILES string of the molecule is CC1Nc2c(C(C)C)cccc2N(C)C1=O. The zero-order chi connectivity index (χ0) is 11.9. The minimum atomic E-state index is -0.141. The molecule has 1 N–H and O–H groups in total. The highest BCUT2D eigenvalue weighted by atomic mass is 16.2. The largest absolute Gasteiger partial charge is 0.372 e. The van der Waals surface area contributed by atoms with Gasteiger partial charge in [-0.2, -0.15) is 0 Å². The summed E-state index contributed by atoms with van der Waals surface area (Å²) < 4.78 is 0. The molecule has 1 aromatic rings. The summed E-state index contributed by atoms with van der Waals surface area (Å²) in [5, 5.41) is 3.30. The lowest BCUT2D eigenvalue weighted by molar-refractivity contribution is -0.118. The van der Waals surface area contributed by atoms with Gasteiger partial charge in [0, 0.05) is 7.05 Å². The average Bonchev–Trinajstić information content (AvgIpc) is 2.25. The number of amides is 1. The maximum atomic E-state index is 11.8. The fourth-order valence-electron chi connectivity index (χ4n) is 2.16. The molecule has 2 rings (SSSR count). The van der Waals surface area contributed by atoms with E-state index in [2.05, 4.69) is 25.2 Å². The molecule has 0 aliphatic carbocycles. The van der Waals surface area contributed by atoms with Crippen molar-refractivity contribution < 1.29 is 4.79 Å². The molecule has 86 valence electrons. The lowest BCUT2D eigenvalue weighted by Crippen LogP contribution is -2.43. The van der Waals surface area contributed by atoms with Crippen molar-refractivity contribution in [1.29, 1.82) is 0 Å². The Morgan fingerprint density at radius 1 is 1.38 bits per heavy atom. The van der Waals surface area contributed by atoms with E-state index in [-0.39, 0.29) is 11.9 Å². The summed E-state index contributed by atoms with van der Waals surface area (Å²) in [5.74, 6) is 0.574. The van der Waals surface area contributed by atoms with Gasteiger partial charge in [0.2, 0.25) is 5.91 Å². The van der Waals surface area contributed by atoms with Gasteiger partial charge in [0.25, 0.3) is 0 Å². The summed E-state index contributed by atoms with van der Waals surface area (Å²) in [7, 11) is 1.84. The van der Waals surface area contributed by atoms with E-state index in [1.165, 1.54) is 5.56 Å². The average molecular weight is 218 g/mol. The van der Waals surface area contributed by atoms with Crippen molar-refractivity contribution in [2.75, 3.05) is 17.3 Å². The van der Waals surface area contributed by atoms with Crippen LogP contribution in [0.2, 0.25) is 0 Å². The number of anilines is 2. The van der Waals surface area contributed by atoms with Crippen LogP contribution < -0.4 is 10.2 Å². The molecule has 1 heterocycles. The molecule has 1 unspecified atom stereocenters. The van der Waals surface area contributed by atoms with Crippen LogP contribution in [0.15, 0.2) is 18.2 Å². The van der Waals surface area contributed by atoms with Gasteiger partial charge in [-0.25, -0.2) is 0 Å². The van der Waals surface area contributed by atoms with Crippen LogP contribution in [0.5, 0.6) is 0 Å². The number of hydrogen-bond donors (Lipinski definition) is 1. The summed E-state index contributed by atoms with van der Waals surface area (Å²) in [6.45, 7) is 6.23. The van der Waals surface area contributed by atoms with Crippen LogP contribution in [0, 0.1) is 0 Å². The Morgan fingerprint density at radius 3 is 2.69 bits per heavy atom. The molecule has 0 saturated heterocycles. The molecule has 0 fully saturated rings. The van der Waals surface area contributed by atoms with Gasteiger partial charge in [-0.05, 0) is 24.5 Å². The number of benzene rings is 1. The summed E-state index contributed by atoms with van der Waals surface area (Å²) in [6.07, 6.45) is 0. The molecule has 1 aromatic carbocycles. The number of carbonyl (C=O) groups excluding carboxylic acids is 1. The number of fused-ring (bicyclic) bond motifs is 1. The summed E-state index contributed by atoms with van der Waals surface area (Å²) in [5.41, 5.74) is 3.35. The van der Waals surface area contributed by atoms with Gasteiger partial charge >= 0.3 is 0 Å². The quantitative estimate of drug-likeness (QED) is 0.785. The van der Waals surface area contributed by atoms with Crippen molar-refractivity contribution in [3.8, 4) is 0 Å². The number of hydrogen-bond acceptors (Lipinski definition) is 2. The molecule has 0 spiro atoms. The van der Waals surface area contributed by atoms with E-state index in [1.807, 2.05) is 26.1 Å². The third-order valence-electron chi connectivity index (χ3n) is 3.12. The van der Waals surface area contributed by atoms with E-state index in [0.717, 1.165) is 11.4 Å². The third-order valence-corrected chi connectivity index (χ3v) is 3.12. The standard InChI is InChI=1S/C13H18N2O/c1-8(2)10-6-5-7-11-12(10)14-9(3)13(16)15(11)4/h5-9,14H,1-4H3. The number of likely N-dealkylation sites (N-methyl/N-ethyl adjacent to an activating group) is 1. The van der Waals surface area contributed by atoms with Crippen molar-refractivity contribution in [3.05, 3.63) is 23.8 Å². The van der Waals surface area contributed by atoms with E-state index in [9.17, 15) is 4.79 Å². The molecule has 1 atom stereocenters. The Kier molecular flexibility index (Phi) is 2.62. The molecule has 1 aliphatic rings. The molecular formula is C13H18N2O. The molecule has 0 aromatic heterocycles. The topological polar surface area (TPSA) is 32.3 Å². The van der Waals surface area contributed by atoms with E-state index in [4.69, 9.17) is 0 Å². The van der Waals surface area contributed by atoms with Crippen molar-refractivity contribution >= 4 is 17.3 Å². The van der Waals surface area contributed by atoms with Crippen molar-refractivity contribution in [3.63, 3.8) is 0 Å². The molecule has 3 heteroatoms. The van der Waals surface area contributed by atoms with Crippen LogP contribution in [0.1, 0.15) is 32.3 Å². The molecule has 16 heavy (non-hydrogen) atoms. The normalized spacial score (nSPS) is 19.7. The monoisotopic (exact) mass is 218 g/mol. The van der Waals surface area contributed by atoms with Crippen LogP contribution >= 0.6 is 0 Å². The highest BCUT2D eigenvalue weighted by Gasteiger charge is 2.28. The number of para-hydroxylation sites is 1. The first-order valence-corrected chi connectivity index (χ1v) is 5.69. The van der Waals surface area contributed by atoms with Crippen molar-refractivity contribution in [2.45, 2.75) is 32.7 Å². The summed E-state index contributed by atoms with van der Waals surface area (Å²) >= 11 is 0. The van der Waals surface area contributed by atoms with Crippen LogP contribution in [0.4, 0.5) is 11.4 Å². The minimum absolute atomic E-state index is 0.119. The zero-order valence-corrected chi connectivity index (χ0v) is 10.2. The first-order chi connectivity index (χ1) is 7.52. The van der Waals surface area contributed by atoms with E-state index in [1.54, 1.807) is 4.90 Å². The highest BCUT2D eigenvalue weighted by molar-refractivity contribution is 6.04. The van der Waals surface area contributed by atoms with Gasteiger partial charge in [0.05, 0.1) is 11.4 Å². The Labute approximate surface area is 96.5 Å². The van der Waals surface area contributed by atoms with E-state index in [0.29, 0.717) is 5.92 Å². The first kappa shape index (κ1) is 11.0. The fourth-order valence-corrected chi connectivity index (χ4v) is 2.16. The molecular weight excluding hydrogens is 200 g/mol. The maximum Gasteiger partial charge on any atom is 0.248 e. The predicted octanol–water partition coefficient (Wildman–Crippen LogP) is 2.59. The first-order valence-electron chi connectivity index (χ1n) is 5.69. The Morgan fingerprint density at radius 2 is 2.06 bits per heavy atom. The maximum absolute atomic E-state index is 11.8. The smallest absolute Gasteiger partial charge is 0.248 e. The van der Waals surface area contributed by atoms with Gasteiger partial charge in [-0.15, -0.1) is 0 Å². The van der Waals surface area contributed by atoms with Crippen LogP contribution in [0.25, 0.3) is 0 Å². The molecule has 0 bridgehead atoms. The second kappa shape index (κ2) is 3.81. The minimum Gasteiger partial charge on any atom is -0.372 e. The zero-order valence-electron chi connectivity index (χ0n) is 10.2. The number of nitrogens with zero attached hydrogens (tertiary/aromatic N) is 1. The van der Waals surface area contributed by atoms with Gasteiger partial charge in [0.1, 0.15) is 6.04 Å². The van der Waals surface area contributed by atoms with Gasteiger partial charge in [-0.1, -0.05) is 26.0 Å². The van der Waals surface area contributed by atoms with Gasteiger partial charge in [0.15, 0.2) is 0 Å². The number of nitrogens with one attached hydrogen (secondary N) is 1. The Bertz CT molecular complexity index is 426. The van der Waals surface area contributed by atoms with Crippen molar-refractivity contribution in [1.82, 2.24) is 0 Å². The van der Waals surface area contributed by atoms with Crippen LogP contribution in [-0.2, 0) is 4.79 Å². The molecule has 0 saturated carbocycles. The summed E-state index contributed by atoms with van der Waals surface area (Å²) in [4.78, 5) is 13.6. The second-order valence-corrected chi connectivity index (χ2v) is 4.66. The molecule has 3 nitrogen and oxygen atoms in total. The number of rotatable bonds is 1. The van der Waals surface area contributed by atoms with E-state index < -0.39 is 0 Å². The van der Waals surface area contributed by atoms with Crippen LogP contribution in [-0.4, -0.2) is 19.0 Å². The summed E-state index contributed by atoms with van der Waals surface area (Å²) in [6, 6.07) is 5.97. The number of carbonyl (C=O) groups is 1. The second-order valence-electron chi connectivity index (χ2n) is 4.66. The van der Waals surface area contributed by atoms with Gasteiger partial charge < -0.3 is 10.2 Å².